The monoisotopic (exact) mass is 333 g/mol. The molecular formula is C17H16ClNO4. The summed E-state index contributed by atoms with van der Waals surface area (Å²) < 4.78 is 10.3. The van der Waals surface area contributed by atoms with Gasteiger partial charge in [0, 0.05) is 5.02 Å². The molecule has 5 nitrogen and oxygen atoms in total. The summed E-state index contributed by atoms with van der Waals surface area (Å²) in [6.45, 7) is 0.319. The van der Waals surface area contributed by atoms with Crippen molar-refractivity contribution in [1.29, 1.82) is 0 Å². The molecule has 0 unspecified atom stereocenters. The molecule has 0 fully saturated rings. The summed E-state index contributed by atoms with van der Waals surface area (Å²) in [5, 5.41) is 3.13. The molecule has 2 aromatic carbocycles. The SMILES string of the molecule is O=C(COC(=O)c1ccc(Cl)cc1)NCCOc1ccccc1. The van der Waals surface area contributed by atoms with E-state index in [0.717, 1.165) is 5.75 Å². The van der Waals surface area contributed by atoms with E-state index in [9.17, 15) is 9.59 Å². The zero-order chi connectivity index (χ0) is 16.5. The largest absolute Gasteiger partial charge is 0.492 e. The van der Waals surface area contributed by atoms with Gasteiger partial charge in [0.05, 0.1) is 12.1 Å². The minimum Gasteiger partial charge on any atom is -0.492 e. The number of hydrogen-bond donors (Lipinski definition) is 1. The molecule has 0 aliphatic rings. The predicted molar refractivity (Wildman–Crippen MR) is 86.7 cm³/mol. The van der Waals surface area contributed by atoms with E-state index in [0.29, 0.717) is 23.7 Å². The molecule has 0 bridgehead atoms. The van der Waals surface area contributed by atoms with Crippen LogP contribution in [0, 0.1) is 0 Å². The number of hydrogen-bond acceptors (Lipinski definition) is 4. The average Bonchev–Trinajstić information content (AvgIpc) is 2.58. The van der Waals surface area contributed by atoms with Crippen molar-refractivity contribution >= 4 is 23.5 Å². The van der Waals surface area contributed by atoms with E-state index in [1.165, 1.54) is 12.1 Å². The number of halogens is 1. The molecule has 0 saturated carbocycles. The molecule has 0 aliphatic carbocycles. The molecular weight excluding hydrogens is 318 g/mol. The Balaban J connectivity index is 1.63. The second-order valence-corrected chi connectivity index (χ2v) is 5.03. The van der Waals surface area contributed by atoms with Crippen LogP contribution in [0.2, 0.25) is 5.02 Å². The number of carbonyl (C=O) groups is 2. The van der Waals surface area contributed by atoms with Gasteiger partial charge in [-0.3, -0.25) is 4.79 Å². The number of para-hydroxylation sites is 1. The zero-order valence-electron chi connectivity index (χ0n) is 12.3. The first-order chi connectivity index (χ1) is 11.1. The second-order valence-electron chi connectivity index (χ2n) is 4.59. The highest BCUT2D eigenvalue weighted by molar-refractivity contribution is 6.30. The van der Waals surface area contributed by atoms with Gasteiger partial charge in [0.15, 0.2) is 6.61 Å². The van der Waals surface area contributed by atoms with E-state index in [4.69, 9.17) is 21.1 Å². The summed E-state index contributed by atoms with van der Waals surface area (Å²) in [4.78, 5) is 23.3. The lowest BCUT2D eigenvalue weighted by Gasteiger charge is -2.08. The van der Waals surface area contributed by atoms with Gasteiger partial charge in [0.1, 0.15) is 12.4 Å². The van der Waals surface area contributed by atoms with E-state index >= 15 is 0 Å². The van der Waals surface area contributed by atoms with Gasteiger partial charge in [-0.15, -0.1) is 0 Å². The molecule has 0 radical (unpaired) electrons. The van der Waals surface area contributed by atoms with Crippen LogP contribution in [0.1, 0.15) is 10.4 Å². The number of esters is 1. The number of amides is 1. The maximum Gasteiger partial charge on any atom is 0.338 e. The van der Waals surface area contributed by atoms with Gasteiger partial charge >= 0.3 is 5.97 Å². The summed E-state index contributed by atoms with van der Waals surface area (Å²) >= 11 is 5.73. The molecule has 2 aromatic rings. The van der Waals surface area contributed by atoms with Gasteiger partial charge in [-0.25, -0.2) is 4.79 Å². The Hall–Kier alpha value is -2.53. The molecule has 120 valence electrons. The fourth-order valence-electron chi connectivity index (χ4n) is 1.73. The highest BCUT2D eigenvalue weighted by Crippen LogP contribution is 2.10. The summed E-state index contributed by atoms with van der Waals surface area (Å²) in [6, 6.07) is 15.5. The van der Waals surface area contributed by atoms with Crippen molar-refractivity contribution in [2.45, 2.75) is 0 Å². The molecule has 23 heavy (non-hydrogen) atoms. The van der Waals surface area contributed by atoms with Gasteiger partial charge < -0.3 is 14.8 Å². The second kappa shape index (κ2) is 8.80. The first kappa shape index (κ1) is 16.8. The molecule has 0 aliphatic heterocycles. The van der Waals surface area contributed by atoms with E-state index in [1.54, 1.807) is 12.1 Å². The normalized spacial score (nSPS) is 9.96. The number of rotatable bonds is 7. The number of benzene rings is 2. The lowest BCUT2D eigenvalue weighted by Crippen LogP contribution is -2.32. The van der Waals surface area contributed by atoms with Crippen molar-refractivity contribution < 1.29 is 19.1 Å². The molecule has 0 heterocycles. The minimum absolute atomic E-state index is 0.326. The first-order valence-electron chi connectivity index (χ1n) is 7.02. The number of ether oxygens (including phenoxy) is 2. The van der Waals surface area contributed by atoms with Crippen LogP contribution in [-0.2, 0) is 9.53 Å². The van der Waals surface area contributed by atoms with Crippen LogP contribution in [0.5, 0.6) is 5.75 Å². The lowest BCUT2D eigenvalue weighted by atomic mass is 10.2. The number of nitrogens with one attached hydrogen (secondary N) is 1. The van der Waals surface area contributed by atoms with Crippen molar-refractivity contribution in [3.8, 4) is 5.75 Å². The third-order valence-electron chi connectivity index (χ3n) is 2.85. The minimum atomic E-state index is -0.572. The Morgan fingerprint density at radius 3 is 2.39 bits per heavy atom. The Morgan fingerprint density at radius 1 is 1.00 bits per heavy atom. The van der Waals surface area contributed by atoms with Crippen LogP contribution in [-0.4, -0.2) is 31.6 Å². The summed E-state index contributed by atoms with van der Waals surface area (Å²) in [7, 11) is 0. The first-order valence-corrected chi connectivity index (χ1v) is 7.40. The maximum absolute atomic E-state index is 11.7. The smallest absolute Gasteiger partial charge is 0.338 e. The van der Waals surface area contributed by atoms with Gasteiger partial charge in [-0.1, -0.05) is 29.8 Å². The average molecular weight is 334 g/mol. The molecule has 0 spiro atoms. The van der Waals surface area contributed by atoms with Crippen LogP contribution in [0.3, 0.4) is 0 Å². The summed E-state index contributed by atoms with van der Waals surface area (Å²) in [6.07, 6.45) is 0. The Kier molecular flexibility index (Phi) is 6.44. The number of carbonyl (C=O) groups excluding carboxylic acids is 2. The summed E-state index contributed by atoms with van der Waals surface area (Å²) in [5.74, 6) is -0.225. The van der Waals surface area contributed by atoms with Gasteiger partial charge in [-0.2, -0.15) is 0 Å². The van der Waals surface area contributed by atoms with Crippen LogP contribution in [0.15, 0.2) is 54.6 Å². The highest BCUT2D eigenvalue weighted by atomic mass is 35.5. The van der Waals surface area contributed by atoms with E-state index in [2.05, 4.69) is 5.32 Å². The van der Waals surface area contributed by atoms with E-state index in [-0.39, 0.29) is 12.5 Å². The topological polar surface area (TPSA) is 64.6 Å². The molecule has 2 rings (SSSR count). The summed E-state index contributed by atoms with van der Waals surface area (Å²) in [5.41, 5.74) is 0.342. The van der Waals surface area contributed by atoms with Crippen molar-refractivity contribution in [2.75, 3.05) is 19.8 Å². The quantitative estimate of drug-likeness (QED) is 0.625. The van der Waals surface area contributed by atoms with Crippen LogP contribution in [0.25, 0.3) is 0 Å². The van der Waals surface area contributed by atoms with Gasteiger partial charge in [-0.05, 0) is 36.4 Å². The van der Waals surface area contributed by atoms with Crippen LogP contribution < -0.4 is 10.1 Å². The molecule has 0 atom stereocenters. The Labute approximate surface area is 139 Å². The van der Waals surface area contributed by atoms with Crippen molar-refractivity contribution in [3.05, 3.63) is 65.2 Å². The lowest BCUT2D eigenvalue weighted by molar-refractivity contribution is -0.124. The van der Waals surface area contributed by atoms with Crippen molar-refractivity contribution in [1.82, 2.24) is 5.32 Å². The highest BCUT2D eigenvalue weighted by Gasteiger charge is 2.09. The van der Waals surface area contributed by atoms with Crippen LogP contribution >= 0.6 is 11.6 Å². The fraction of sp³-hybridized carbons (Fsp3) is 0.176. The molecule has 0 aromatic heterocycles. The Bertz CT molecular complexity index is 643. The molecule has 1 amide bonds. The standard InChI is InChI=1S/C17H16ClNO4/c18-14-8-6-13(7-9-14)17(21)23-12-16(20)19-10-11-22-15-4-2-1-3-5-15/h1-9H,10-12H2,(H,19,20). The molecule has 0 saturated heterocycles. The van der Waals surface area contributed by atoms with Gasteiger partial charge in [0.25, 0.3) is 5.91 Å². The Morgan fingerprint density at radius 2 is 1.70 bits per heavy atom. The molecule has 6 heteroatoms. The third-order valence-corrected chi connectivity index (χ3v) is 3.10. The van der Waals surface area contributed by atoms with Gasteiger partial charge in [0.2, 0.25) is 0 Å². The zero-order valence-corrected chi connectivity index (χ0v) is 13.1. The third kappa shape index (κ3) is 6.00. The van der Waals surface area contributed by atoms with Crippen molar-refractivity contribution in [3.63, 3.8) is 0 Å². The van der Waals surface area contributed by atoms with Crippen LogP contribution in [0.4, 0.5) is 0 Å². The molecule has 1 N–H and O–H groups in total. The van der Waals surface area contributed by atoms with Crippen molar-refractivity contribution in [2.24, 2.45) is 0 Å². The van der Waals surface area contributed by atoms with E-state index in [1.807, 2.05) is 30.3 Å². The fourth-order valence-corrected chi connectivity index (χ4v) is 1.85. The predicted octanol–water partition coefficient (Wildman–Crippen LogP) is 2.69. The van der Waals surface area contributed by atoms with E-state index < -0.39 is 5.97 Å². The maximum atomic E-state index is 11.7.